The van der Waals surface area contributed by atoms with Gasteiger partial charge in [-0.2, -0.15) is 0 Å². The van der Waals surface area contributed by atoms with Gasteiger partial charge in [0.1, 0.15) is 0 Å². The van der Waals surface area contributed by atoms with Crippen molar-refractivity contribution in [2.75, 3.05) is 13.2 Å². The summed E-state index contributed by atoms with van der Waals surface area (Å²) in [6.45, 7) is 10.6. The van der Waals surface area contributed by atoms with E-state index in [0.717, 1.165) is 38.9 Å². The molecule has 0 aliphatic heterocycles. The molecule has 2 heteroatoms. The first kappa shape index (κ1) is 23.1. The van der Waals surface area contributed by atoms with Crippen molar-refractivity contribution in [2.45, 2.75) is 105 Å². The van der Waals surface area contributed by atoms with Crippen LogP contribution in [0.25, 0.3) is 0 Å². The van der Waals surface area contributed by atoms with E-state index >= 15 is 0 Å². The predicted molar refractivity (Wildman–Crippen MR) is 106 cm³/mol. The molecule has 0 spiro atoms. The smallest absolute Gasteiger partial charge is 0.0873 e. The van der Waals surface area contributed by atoms with Gasteiger partial charge in [0.25, 0.3) is 0 Å². The minimum Gasteiger partial charge on any atom is -0.501 e. The Labute approximate surface area is 151 Å². The van der Waals surface area contributed by atoms with Gasteiger partial charge in [-0.1, -0.05) is 40.5 Å². The van der Waals surface area contributed by atoms with Crippen LogP contribution in [0.5, 0.6) is 0 Å². The minimum absolute atomic E-state index is 0.855. The summed E-state index contributed by atoms with van der Waals surface area (Å²) in [4.78, 5) is 0. The molecule has 142 valence electrons. The second kappa shape index (κ2) is 18.4. The van der Waals surface area contributed by atoms with Crippen LogP contribution in [-0.2, 0) is 9.47 Å². The van der Waals surface area contributed by atoms with Crippen molar-refractivity contribution in [1.82, 2.24) is 0 Å². The number of allylic oxidation sites excluding steroid dienone is 2. The summed E-state index contributed by atoms with van der Waals surface area (Å²) < 4.78 is 11.4. The van der Waals surface area contributed by atoms with E-state index in [1.165, 1.54) is 62.5 Å². The zero-order valence-electron chi connectivity index (χ0n) is 16.9. The Balaban J connectivity index is 3.53. The van der Waals surface area contributed by atoms with Crippen molar-refractivity contribution in [3.8, 4) is 0 Å². The van der Waals surface area contributed by atoms with Gasteiger partial charge in [0.2, 0.25) is 0 Å². The fourth-order valence-electron chi connectivity index (χ4n) is 2.52. The summed E-state index contributed by atoms with van der Waals surface area (Å²) >= 11 is 0. The molecule has 0 radical (unpaired) electrons. The molecule has 0 atom stereocenters. The first-order valence-corrected chi connectivity index (χ1v) is 10.4. The summed E-state index contributed by atoms with van der Waals surface area (Å²) in [7, 11) is 0. The average Bonchev–Trinajstić information content (AvgIpc) is 2.61. The average molecular weight is 339 g/mol. The maximum Gasteiger partial charge on any atom is 0.0873 e. The molecule has 0 unspecified atom stereocenters. The lowest BCUT2D eigenvalue weighted by atomic mass is 10.1. The second-order valence-electron chi connectivity index (χ2n) is 6.62. The molecule has 0 N–H and O–H groups in total. The molecule has 0 heterocycles. The number of ether oxygens (including phenoxy) is 2. The summed E-state index contributed by atoms with van der Waals surface area (Å²) in [5.41, 5.74) is 2.90. The van der Waals surface area contributed by atoms with E-state index in [2.05, 4.69) is 27.7 Å². The van der Waals surface area contributed by atoms with E-state index in [1.807, 2.05) is 12.5 Å². The Morgan fingerprint density at radius 1 is 0.583 bits per heavy atom. The molecule has 0 aliphatic carbocycles. The molecule has 0 fully saturated rings. The van der Waals surface area contributed by atoms with Gasteiger partial charge in [-0.15, -0.1) is 0 Å². The van der Waals surface area contributed by atoms with Gasteiger partial charge in [-0.3, -0.25) is 0 Å². The third-order valence-corrected chi connectivity index (χ3v) is 4.39. The van der Waals surface area contributed by atoms with E-state index < -0.39 is 0 Å². The standard InChI is InChI=1S/C22H42O2/c1-5-9-15-21(7-3)19-23-17-13-11-12-14-18-24-20-22(8-4)16-10-6-2/h19-20H,5-18H2,1-4H3. The molecule has 0 saturated carbocycles. The van der Waals surface area contributed by atoms with Crippen molar-refractivity contribution >= 4 is 0 Å². The van der Waals surface area contributed by atoms with Crippen LogP contribution in [0.3, 0.4) is 0 Å². The quantitative estimate of drug-likeness (QED) is 0.201. The van der Waals surface area contributed by atoms with Gasteiger partial charge in [0.15, 0.2) is 0 Å². The van der Waals surface area contributed by atoms with Crippen LogP contribution in [0.2, 0.25) is 0 Å². The number of unbranched alkanes of at least 4 members (excludes halogenated alkanes) is 5. The molecule has 0 aromatic carbocycles. The SMILES string of the molecule is CCCCC(=COCCCCCCOC=C(CC)CCCC)CC. The maximum atomic E-state index is 5.69. The van der Waals surface area contributed by atoms with Crippen LogP contribution in [0.1, 0.15) is 105 Å². The van der Waals surface area contributed by atoms with Gasteiger partial charge < -0.3 is 9.47 Å². The molecular formula is C22H42O2. The molecule has 0 aromatic heterocycles. The predicted octanol–water partition coefficient (Wildman–Crippen LogP) is 7.55. The molecule has 0 saturated heterocycles. The topological polar surface area (TPSA) is 18.5 Å². The number of hydrogen-bond donors (Lipinski definition) is 0. The molecular weight excluding hydrogens is 296 g/mol. The first-order chi connectivity index (χ1) is 11.8. The highest BCUT2D eigenvalue weighted by atomic mass is 16.5. The van der Waals surface area contributed by atoms with Gasteiger partial charge in [-0.05, 0) is 75.4 Å². The Kier molecular flexibility index (Phi) is 17.7. The van der Waals surface area contributed by atoms with Gasteiger partial charge in [0, 0.05) is 0 Å². The molecule has 0 rings (SSSR count). The number of hydrogen-bond acceptors (Lipinski definition) is 2. The first-order valence-electron chi connectivity index (χ1n) is 10.4. The van der Waals surface area contributed by atoms with E-state index in [1.54, 1.807) is 0 Å². The van der Waals surface area contributed by atoms with Crippen LogP contribution < -0.4 is 0 Å². The van der Waals surface area contributed by atoms with Gasteiger partial charge >= 0.3 is 0 Å². The monoisotopic (exact) mass is 338 g/mol. The summed E-state index contributed by atoms with van der Waals surface area (Å²) in [6, 6.07) is 0. The summed E-state index contributed by atoms with van der Waals surface area (Å²) in [5, 5.41) is 0. The van der Waals surface area contributed by atoms with Crippen LogP contribution in [-0.4, -0.2) is 13.2 Å². The molecule has 24 heavy (non-hydrogen) atoms. The van der Waals surface area contributed by atoms with Crippen molar-refractivity contribution in [1.29, 1.82) is 0 Å². The number of rotatable bonds is 17. The molecule has 2 nitrogen and oxygen atoms in total. The van der Waals surface area contributed by atoms with Crippen molar-refractivity contribution in [3.05, 3.63) is 23.7 Å². The van der Waals surface area contributed by atoms with Crippen molar-refractivity contribution in [3.63, 3.8) is 0 Å². The van der Waals surface area contributed by atoms with E-state index in [4.69, 9.17) is 9.47 Å². The van der Waals surface area contributed by atoms with Gasteiger partial charge in [0.05, 0.1) is 25.7 Å². The zero-order valence-corrected chi connectivity index (χ0v) is 16.9. The Morgan fingerprint density at radius 2 is 1.00 bits per heavy atom. The van der Waals surface area contributed by atoms with E-state index in [-0.39, 0.29) is 0 Å². The largest absolute Gasteiger partial charge is 0.501 e. The lowest BCUT2D eigenvalue weighted by molar-refractivity contribution is 0.222. The third kappa shape index (κ3) is 14.7. The van der Waals surface area contributed by atoms with Gasteiger partial charge in [-0.25, -0.2) is 0 Å². The van der Waals surface area contributed by atoms with Crippen LogP contribution in [0.15, 0.2) is 23.7 Å². The fourth-order valence-corrected chi connectivity index (χ4v) is 2.52. The molecule has 0 aliphatic rings. The van der Waals surface area contributed by atoms with Crippen LogP contribution >= 0.6 is 0 Å². The van der Waals surface area contributed by atoms with E-state index in [9.17, 15) is 0 Å². The second-order valence-corrected chi connectivity index (χ2v) is 6.62. The van der Waals surface area contributed by atoms with Crippen molar-refractivity contribution < 1.29 is 9.47 Å². The van der Waals surface area contributed by atoms with E-state index in [0.29, 0.717) is 0 Å². The Bertz CT molecular complexity index is 286. The maximum absolute atomic E-state index is 5.69. The third-order valence-electron chi connectivity index (χ3n) is 4.39. The van der Waals surface area contributed by atoms with Crippen LogP contribution in [0.4, 0.5) is 0 Å². The molecule has 0 amide bonds. The summed E-state index contributed by atoms with van der Waals surface area (Å²) in [6.07, 6.45) is 18.4. The lowest BCUT2D eigenvalue weighted by Gasteiger charge is -2.07. The normalized spacial score (nSPS) is 12.5. The lowest BCUT2D eigenvalue weighted by Crippen LogP contribution is -1.93. The summed E-state index contributed by atoms with van der Waals surface area (Å²) in [5.74, 6) is 0. The highest BCUT2D eigenvalue weighted by Gasteiger charge is 1.96. The minimum atomic E-state index is 0.855. The highest BCUT2D eigenvalue weighted by molar-refractivity contribution is 4.97. The highest BCUT2D eigenvalue weighted by Crippen LogP contribution is 2.12. The fraction of sp³-hybridized carbons (Fsp3) is 0.818. The molecule has 0 bridgehead atoms. The molecule has 0 aromatic rings. The Hall–Kier alpha value is -0.920. The van der Waals surface area contributed by atoms with Crippen LogP contribution in [0, 0.1) is 0 Å². The Morgan fingerprint density at radius 3 is 1.33 bits per heavy atom. The zero-order chi connectivity index (χ0) is 17.9. The van der Waals surface area contributed by atoms with Crippen molar-refractivity contribution in [2.24, 2.45) is 0 Å².